The molecule has 3 aromatic rings. The van der Waals surface area contributed by atoms with E-state index in [4.69, 9.17) is 11.6 Å². The Hall–Kier alpha value is -2.66. The van der Waals surface area contributed by atoms with E-state index in [0.29, 0.717) is 11.7 Å². The zero-order valence-corrected chi connectivity index (χ0v) is 15.7. The van der Waals surface area contributed by atoms with E-state index in [9.17, 15) is 4.79 Å². The summed E-state index contributed by atoms with van der Waals surface area (Å²) in [5.41, 5.74) is 1.01. The Labute approximate surface area is 163 Å². The molecule has 0 saturated carbocycles. The Morgan fingerprint density at radius 1 is 1.19 bits per heavy atom. The molecule has 5 nitrogen and oxygen atoms in total. The number of nitrogens with one attached hydrogen (secondary N) is 1. The van der Waals surface area contributed by atoms with Gasteiger partial charge in [0.1, 0.15) is 11.0 Å². The molecular formula is C21H21ClN4O. The first-order chi connectivity index (χ1) is 13.2. The van der Waals surface area contributed by atoms with Gasteiger partial charge in [-0.2, -0.15) is 0 Å². The fraction of sp³-hybridized carbons (Fsp3) is 0.286. The van der Waals surface area contributed by atoms with E-state index < -0.39 is 0 Å². The van der Waals surface area contributed by atoms with Crippen LogP contribution in [0.5, 0.6) is 0 Å². The lowest BCUT2D eigenvalue weighted by Crippen LogP contribution is -2.40. The van der Waals surface area contributed by atoms with E-state index in [1.807, 2.05) is 36.4 Å². The van der Waals surface area contributed by atoms with E-state index in [1.165, 1.54) is 0 Å². The van der Waals surface area contributed by atoms with Gasteiger partial charge >= 0.3 is 0 Å². The molecule has 27 heavy (non-hydrogen) atoms. The zero-order valence-electron chi connectivity index (χ0n) is 14.9. The van der Waals surface area contributed by atoms with Crippen LogP contribution in [-0.2, 0) is 11.3 Å². The second-order valence-electron chi connectivity index (χ2n) is 6.83. The summed E-state index contributed by atoms with van der Waals surface area (Å²) >= 11 is 6.35. The number of fused-ring (bicyclic) bond motifs is 1. The summed E-state index contributed by atoms with van der Waals surface area (Å²) in [6.07, 6.45) is 5.13. The number of carbonyl (C=O) groups is 1. The summed E-state index contributed by atoms with van der Waals surface area (Å²) in [4.78, 5) is 23.3. The number of anilines is 1. The highest BCUT2D eigenvalue weighted by Gasteiger charge is 2.25. The molecule has 1 amide bonds. The Bertz CT molecular complexity index is 939. The lowest BCUT2D eigenvalue weighted by atomic mass is 9.95. The van der Waals surface area contributed by atoms with Crippen LogP contribution in [0.4, 0.5) is 5.82 Å². The molecule has 3 heterocycles. The minimum atomic E-state index is 0.0360. The Morgan fingerprint density at radius 3 is 2.78 bits per heavy atom. The molecule has 6 heteroatoms. The van der Waals surface area contributed by atoms with E-state index >= 15 is 0 Å². The quantitative estimate of drug-likeness (QED) is 0.699. The van der Waals surface area contributed by atoms with Gasteiger partial charge in [-0.3, -0.25) is 9.78 Å². The van der Waals surface area contributed by atoms with Gasteiger partial charge in [-0.05, 0) is 35.9 Å². The van der Waals surface area contributed by atoms with Crippen LogP contribution in [0.3, 0.4) is 0 Å². The molecule has 1 saturated heterocycles. The van der Waals surface area contributed by atoms with Crippen LogP contribution in [0.25, 0.3) is 10.8 Å². The van der Waals surface area contributed by atoms with Gasteiger partial charge in [0.15, 0.2) is 0 Å². The third kappa shape index (κ3) is 4.03. The van der Waals surface area contributed by atoms with E-state index in [1.54, 1.807) is 12.4 Å². The summed E-state index contributed by atoms with van der Waals surface area (Å²) in [5.74, 6) is 1.03. The van der Waals surface area contributed by atoms with Gasteiger partial charge < -0.3 is 10.2 Å². The highest BCUT2D eigenvalue weighted by atomic mass is 35.5. The Balaban J connectivity index is 1.36. The van der Waals surface area contributed by atoms with Crippen LogP contribution in [0.2, 0.25) is 5.15 Å². The molecule has 0 bridgehead atoms. The second kappa shape index (κ2) is 7.92. The Kier molecular flexibility index (Phi) is 5.21. The highest BCUT2D eigenvalue weighted by Crippen LogP contribution is 2.28. The van der Waals surface area contributed by atoms with Crippen LogP contribution in [0.1, 0.15) is 18.4 Å². The van der Waals surface area contributed by atoms with Crippen molar-refractivity contribution in [2.75, 3.05) is 18.0 Å². The monoisotopic (exact) mass is 380 g/mol. The predicted octanol–water partition coefficient (Wildman–Crippen LogP) is 3.82. The molecule has 0 unspecified atom stereocenters. The number of hydrogen-bond acceptors (Lipinski definition) is 4. The van der Waals surface area contributed by atoms with E-state index in [-0.39, 0.29) is 11.8 Å². The van der Waals surface area contributed by atoms with Crippen molar-refractivity contribution in [3.63, 3.8) is 0 Å². The number of amides is 1. The third-order valence-electron chi connectivity index (χ3n) is 5.06. The summed E-state index contributed by atoms with van der Waals surface area (Å²) in [6, 6.07) is 13.9. The third-order valence-corrected chi connectivity index (χ3v) is 5.35. The lowest BCUT2D eigenvalue weighted by molar-refractivity contribution is -0.125. The first-order valence-electron chi connectivity index (χ1n) is 9.17. The molecule has 1 fully saturated rings. The number of pyridine rings is 2. The fourth-order valence-electron chi connectivity index (χ4n) is 3.51. The van der Waals surface area contributed by atoms with Crippen molar-refractivity contribution in [3.05, 3.63) is 65.6 Å². The lowest BCUT2D eigenvalue weighted by Gasteiger charge is -2.32. The molecule has 1 aromatic carbocycles. The van der Waals surface area contributed by atoms with Crippen molar-refractivity contribution < 1.29 is 4.79 Å². The summed E-state index contributed by atoms with van der Waals surface area (Å²) in [7, 11) is 0. The SMILES string of the molecule is O=C(NCc1cccnc1)C1CCN(c2cc3ccccc3c(Cl)n2)CC1. The molecule has 0 aliphatic carbocycles. The minimum absolute atomic E-state index is 0.0360. The molecule has 1 N–H and O–H groups in total. The summed E-state index contributed by atoms with van der Waals surface area (Å²) in [5, 5.41) is 5.60. The van der Waals surface area contributed by atoms with E-state index in [2.05, 4.69) is 26.3 Å². The average Bonchev–Trinajstić information content (AvgIpc) is 2.73. The van der Waals surface area contributed by atoms with Gasteiger partial charge in [0, 0.05) is 43.3 Å². The van der Waals surface area contributed by atoms with Crippen molar-refractivity contribution in [1.82, 2.24) is 15.3 Å². The van der Waals surface area contributed by atoms with Gasteiger partial charge in [0.05, 0.1) is 0 Å². The van der Waals surface area contributed by atoms with Gasteiger partial charge in [-0.25, -0.2) is 4.98 Å². The predicted molar refractivity (Wildman–Crippen MR) is 108 cm³/mol. The first-order valence-corrected chi connectivity index (χ1v) is 9.55. The van der Waals surface area contributed by atoms with Crippen molar-refractivity contribution in [2.45, 2.75) is 19.4 Å². The number of halogens is 1. The van der Waals surface area contributed by atoms with Crippen molar-refractivity contribution in [1.29, 1.82) is 0 Å². The summed E-state index contributed by atoms with van der Waals surface area (Å²) in [6.45, 7) is 2.12. The van der Waals surface area contributed by atoms with Crippen molar-refractivity contribution in [2.24, 2.45) is 5.92 Å². The van der Waals surface area contributed by atoms with Gasteiger partial charge in [0.2, 0.25) is 5.91 Å². The van der Waals surface area contributed by atoms with Crippen LogP contribution in [0.15, 0.2) is 54.9 Å². The van der Waals surface area contributed by atoms with Gasteiger partial charge in [0.25, 0.3) is 0 Å². The summed E-state index contributed by atoms with van der Waals surface area (Å²) < 4.78 is 0. The number of aromatic nitrogens is 2. The number of rotatable bonds is 4. The van der Waals surface area contributed by atoms with Crippen molar-refractivity contribution in [3.8, 4) is 0 Å². The van der Waals surface area contributed by atoms with Gasteiger partial charge in [-0.1, -0.05) is 41.9 Å². The van der Waals surface area contributed by atoms with Crippen LogP contribution >= 0.6 is 11.6 Å². The normalized spacial score (nSPS) is 15.1. The van der Waals surface area contributed by atoms with Gasteiger partial charge in [-0.15, -0.1) is 0 Å². The van der Waals surface area contributed by atoms with Crippen LogP contribution in [0, 0.1) is 5.92 Å². The smallest absolute Gasteiger partial charge is 0.223 e. The zero-order chi connectivity index (χ0) is 18.6. The molecule has 1 aliphatic heterocycles. The first kappa shape index (κ1) is 17.7. The maximum absolute atomic E-state index is 12.5. The van der Waals surface area contributed by atoms with E-state index in [0.717, 1.165) is 48.1 Å². The van der Waals surface area contributed by atoms with Crippen LogP contribution < -0.4 is 10.2 Å². The number of nitrogens with zero attached hydrogens (tertiary/aromatic N) is 3. The topological polar surface area (TPSA) is 58.1 Å². The molecular weight excluding hydrogens is 360 g/mol. The molecule has 2 aromatic heterocycles. The molecule has 4 rings (SSSR count). The largest absolute Gasteiger partial charge is 0.357 e. The fourth-order valence-corrected chi connectivity index (χ4v) is 3.77. The average molecular weight is 381 g/mol. The molecule has 0 spiro atoms. The second-order valence-corrected chi connectivity index (χ2v) is 7.19. The minimum Gasteiger partial charge on any atom is -0.357 e. The number of benzene rings is 1. The molecule has 138 valence electrons. The molecule has 0 atom stereocenters. The maximum Gasteiger partial charge on any atom is 0.223 e. The number of piperidine rings is 1. The maximum atomic E-state index is 12.5. The number of hydrogen-bond donors (Lipinski definition) is 1. The molecule has 0 radical (unpaired) electrons. The highest BCUT2D eigenvalue weighted by molar-refractivity contribution is 6.34. The standard InChI is InChI=1S/C21H21ClN4O/c22-20-18-6-2-1-5-17(18)12-19(25-20)26-10-7-16(8-11-26)21(27)24-14-15-4-3-9-23-13-15/h1-6,9,12-13,16H,7-8,10-11,14H2,(H,24,27). The number of carbonyl (C=O) groups excluding carboxylic acids is 1. The Morgan fingerprint density at radius 2 is 2.00 bits per heavy atom. The molecule has 1 aliphatic rings. The van der Waals surface area contributed by atoms with Crippen molar-refractivity contribution >= 4 is 34.1 Å². The van der Waals surface area contributed by atoms with Crippen LogP contribution in [-0.4, -0.2) is 29.0 Å².